The SMILES string of the molecule is CCCCOc1cc(OC)cc(OCC(=O)Nc2cc([C@H]3CC[C@@H](OC(=O)N4CCC4(C)C)C3)[nH]n2)c1C=O. The van der Waals surface area contributed by atoms with Crippen molar-refractivity contribution >= 4 is 24.1 Å². The topological polar surface area (TPSA) is 132 Å². The van der Waals surface area contributed by atoms with Crippen molar-refractivity contribution in [2.45, 2.75) is 76.9 Å². The molecule has 0 spiro atoms. The second-order valence-corrected chi connectivity index (χ2v) is 10.6. The number of H-pyrrole nitrogens is 1. The molecular weight excluding hydrogens is 504 g/mol. The number of aldehydes is 1. The summed E-state index contributed by atoms with van der Waals surface area (Å²) in [6.07, 6.45) is 5.36. The molecule has 2 fully saturated rings. The van der Waals surface area contributed by atoms with E-state index in [-0.39, 0.29) is 41.6 Å². The number of hydrogen-bond acceptors (Lipinski definition) is 8. The van der Waals surface area contributed by atoms with Gasteiger partial charge in [0.1, 0.15) is 23.4 Å². The molecule has 212 valence electrons. The van der Waals surface area contributed by atoms with Crippen LogP contribution in [0.1, 0.15) is 81.3 Å². The summed E-state index contributed by atoms with van der Waals surface area (Å²) in [5.74, 6) is 1.08. The van der Waals surface area contributed by atoms with Gasteiger partial charge in [0.2, 0.25) is 0 Å². The van der Waals surface area contributed by atoms with E-state index in [0.29, 0.717) is 36.6 Å². The van der Waals surface area contributed by atoms with Crippen LogP contribution >= 0.6 is 0 Å². The third kappa shape index (κ3) is 6.82. The van der Waals surface area contributed by atoms with Crippen molar-refractivity contribution < 1.29 is 33.3 Å². The van der Waals surface area contributed by atoms with E-state index >= 15 is 0 Å². The Bertz CT molecular complexity index is 1180. The normalized spacial score (nSPS) is 19.6. The van der Waals surface area contributed by atoms with Gasteiger partial charge in [-0.15, -0.1) is 0 Å². The van der Waals surface area contributed by atoms with E-state index < -0.39 is 5.91 Å². The van der Waals surface area contributed by atoms with Crippen LogP contribution in [0.5, 0.6) is 17.2 Å². The third-order valence-electron chi connectivity index (χ3n) is 7.40. The lowest BCUT2D eigenvalue weighted by Gasteiger charge is -2.47. The average Bonchev–Trinajstić information content (AvgIpc) is 3.56. The molecule has 1 aliphatic carbocycles. The summed E-state index contributed by atoms with van der Waals surface area (Å²) in [7, 11) is 1.50. The number of nitrogens with one attached hydrogen (secondary N) is 2. The number of amides is 2. The van der Waals surface area contributed by atoms with Gasteiger partial charge in [-0.1, -0.05) is 13.3 Å². The summed E-state index contributed by atoms with van der Waals surface area (Å²) < 4.78 is 22.4. The molecule has 1 aromatic carbocycles. The average molecular weight is 543 g/mol. The van der Waals surface area contributed by atoms with E-state index in [2.05, 4.69) is 15.5 Å². The molecule has 0 bridgehead atoms. The van der Waals surface area contributed by atoms with Crippen molar-refractivity contribution in [1.82, 2.24) is 15.1 Å². The van der Waals surface area contributed by atoms with Gasteiger partial charge < -0.3 is 29.2 Å². The highest BCUT2D eigenvalue weighted by atomic mass is 16.6. The fourth-order valence-corrected chi connectivity index (χ4v) is 4.85. The van der Waals surface area contributed by atoms with Gasteiger partial charge in [0.15, 0.2) is 18.7 Å². The monoisotopic (exact) mass is 542 g/mol. The summed E-state index contributed by atoms with van der Waals surface area (Å²) in [6.45, 7) is 6.98. The minimum absolute atomic E-state index is 0.138. The van der Waals surface area contributed by atoms with Crippen molar-refractivity contribution in [2.24, 2.45) is 0 Å². The molecule has 0 unspecified atom stereocenters. The third-order valence-corrected chi connectivity index (χ3v) is 7.40. The number of benzene rings is 1. The smallest absolute Gasteiger partial charge is 0.410 e. The van der Waals surface area contributed by atoms with E-state index in [1.165, 1.54) is 7.11 Å². The van der Waals surface area contributed by atoms with Crippen LogP contribution in [0.15, 0.2) is 18.2 Å². The predicted molar refractivity (Wildman–Crippen MR) is 144 cm³/mol. The summed E-state index contributed by atoms with van der Waals surface area (Å²) >= 11 is 0. The molecule has 2 N–H and O–H groups in total. The maximum atomic E-state index is 12.6. The summed E-state index contributed by atoms with van der Waals surface area (Å²) in [4.78, 5) is 38.6. The first-order valence-corrected chi connectivity index (χ1v) is 13.5. The Balaban J connectivity index is 1.29. The number of rotatable bonds is 12. The van der Waals surface area contributed by atoms with Crippen molar-refractivity contribution in [1.29, 1.82) is 0 Å². The molecule has 1 aromatic heterocycles. The lowest BCUT2D eigenvalue weighted by molar-refractivity contribution is -0.118. The first-order valence-electron chi connectivity index (χ1n) is 13.5. The van der Waals surface area contributed by atoms with E-state index in [0.717, 1.165) is 44.3 Å². The van der Waals surface area contributed by atoms with E-state index in [9.17, 15) is 14.4 Å². The number of carbonyl (C=O) groups excluding carboxylic acids is 3. The van der Waals surface area contributed by atoms with Crippen molar-refractivity contribution in [2.75, 3.05) is 32.2 Å². The largest absolute Gasteiger partial charge is 0.496 e. The first-order chi connectivity index (χ1) is 18.7. The lowest BCUT2D eigenvalue weighted by atomic mass is 9.90. The molecule has 11 heteroatoms. The van der Waals surface area contributed by atoms with Crippen LogP contribution in [0.2, 0.25) is 0 Å². The quantitative estimate of drug-likeness (QED) is 0.292. The van der Waals surface area contributed by atoms with E-state index in [1.54, 1.807) is 23.1 Å². The van der Waals surface area contributed by atoms with Crippen LogP contribution in [-0.4, -0.2) is 71.9 Å². The molecule has 1 saturated carbocycles. The van der Waals surface area contributed by atoms with E-state index in [1.807, 2.05) is 20.8 Å². The van der Waals surface area contributed by atoms with Gasteiger partial charge in [-0.25, -0.2) is 4.79 Å². The highest BCUT2D eigenvalue weighted by Crippen LogP contribution is 2.38. The highest BCUT2D eigenvalue weighted by Gasteiger charge is 2.42. The molecule has 2 heterocycles. The fraction of sp³-hybridized carbons (Fsp3) is 0.571. The molecule has 39 heavy (non-hydrogen) atoms. The number of carbonyl (C=O) groups is 3. The number of aromatic amines is 1. The van der Waals surface area contributed by atoms with Gasteiger partial charge in [0.05, 0.1) is 19.3 Å². The number of aromatic nitrogens is 2. The fourth-order valence-electron chi connectivity index (χ4n) is 4.85. The zero-order valence-electron chi connectivity index (χ0n) is 23.1. The maximum Gasteiger partial charge on any atom is 0.410 e. The second-order valence-electron chi connectivity index (χ2n) is 10.6. The number of nitrogens with zero attached hydrogens (tertiary/aromatic N) is 2. The van der Waals surface area contributed by atoms with Crippen LogP contribution < -0.4 is 19.5 Å². The Morgan fingerprint density at radius 1 is 1.21 bits per heavy atom. The Hall–Kier alpha value is -3.76. The predicted octanol–water partition coefficient (Wildman–Crippen LogP) is 4.68. The zero-order valence-corrected chi connectivity index (χ0v) is 23.1. The van der Waals surface area contributed by atoms with Crippen LogP contribution in [0.4, 0.5) is 10.6 Å². The van der Waals surface area contributed by atoms with Gasteiger partial charge in [0, 0.05) is 41.9 Å². The number of unbranched alkanes of at least 4 members (excludes halogenated alkanes) is 1. The zero-order chi connectivity index (χ0) is 28.0. The maximum absolute atomic E-state index is 12.6. The van der Waals surface area contributed by atoms with Gasteiger partial charge >= 0.3 is 6.09 Å². The Morgan fingerprint density at radius 2 is 1.97 bits per heavy atom. The summed E-state index contributed by atoms with van der Waals surface area (Å²) in [5, 5.41) is 9.90. The number of methoxy groups -OCH3 is 1. The van der Waals surface area contributed by atoms with Crippen LogP contribution in [0.3, 0.4) is 0 Å². The molecular formula is C28H38N4O7. The Labute approximate surface area is 228 Å². The lowest BCUT2D eigenvalue weighted by Crippen LogP contribution is -2.58. The number of likely N-dealkylation sites (tertiary alicyclic amines) is 1. The molecule has 0 radical (unpaired) electrons. The van der Waals surface area contributed by atoms with Crippen LogP contribution in [-0.2, 0) is 9.53 Å². The number of ether oxygens (including phenoxy) is 4. The minimum atomic E-state index is -0.434. The van der Waals surface area contributed by atoms with Gasteiger partial charge in [-0.2, -0.15) is 5.10 Å². The van der Waals surface area contributed by atoms with Crippen LogP contribution in [0.25, 0.3) is 0 Å². The molecule has 4 rings (SSSR count). The molecule has 2 aromatic rings. The molecule has 2 aliphatic rings. The van der Waals surface area contributed by atoms with Gasteiger partial charge in [-0.05, 0) is 46.0 Å². The molecule has 11 nitrogen and oxygen atoms in total. The van der Waals surface area contributed by atoms with Crippen molar-refractivity contribution in [3.63, 3.8) is 0 Å². The summed E-state index contributed by atoms with van der Waals surface area (Å²) in [5.41, 5.74) is 0.955. The van der Waals surface area contributed by atoms with E-state index in [4.69, 9.17) is 18.9 Å². The highest BCUT2D eigenvalue weighted by molar-refractivity contribution is 5.91. The Morgan fingerprint density at radius 3 is 2.62 bits per heavy atom. The number of hydrogen-bond donors (Lipinski definition) is 2. The van der Waals surface area contributed by atoms with Gasteiger partial charge in [0.25, 0.3) is 5.91 Å². The van der Waals surface area contributed by atoms with Crippen molar-refractivity contribution in [3.05, 3.63) is 29.5 Å². The molecule has 1 aliphatic heterocycles. The van der Waals surface area contributed by atoms with Crippen LogP contribution in [0, 0.1) is 0 Å². The minimum Gasteiger partial charge on any atom is -0.496 e. The second kappa shape index (κ2) is 12.4. The molecule has 1 saturated heterocycles. The first kappa shape index (κ1) is 28.3. The number of anilines is 1. The molecule has 2 atom stereocenters. The summed E-state index contributed by atoms with van der Waals surface area (Å²) in [6, 6.07) is 4.95. The molecule has 2 amide bonds. The standard InChI is InChI=1S/C28H38N4O7/c1-5-6-11-37-23-13-20(36-4)14-24(21(23)16-33)38-17-26(34)29-25-15-22(30-31-25)18-7-8-19(12-18)39-27(35)32-10-9-28(32,2)3/h13-16,18-19H,5-12,17H2,1-4H3,(H2,29,30,31,34)/t18-,19+/m0/s1. The Kier molecular flexibility index (Phi) is 8.98. The van der Waals surface area contributed by atoms with Crippen molar-refractivity contribution in [3.8, 4) is 17.2 Å². The van der Waals surface area contributed by atoms with Gasteiger partial charge in [-0.3, -0.25) is 14.7 Å².